The van der Waals surface area contributed by atoms with Crippen molar-refractivity contribution in [1.82, 2.24) is 63.5 Å². The van der Waals surface area contributed by atoms with E-state index in [9.17, 15) is 33.9 Å². The minimum Gasteiger partial charge on any atom is -0.495 e. The van der Waals surface area contributed by atoms with Crippen LogP contribution in [0.1, 0.15) is 170 Å². The average Bonchev–Trinajstić information content (AvgIpc) is 1.65. The maximum Gasteiger partial charge on any atom is 0.335 e. The van der Waals surface area contributed by atoms with Crippen molar-refractivity contribution in [2.24, 2.45) is 0 Å². The van der Waals surface area contributed by atoms with Gasteiger partial charge in [-0.15, -0.1) is 0 Å². The van der Waals surface area contributed by atoms with Gasteiger partial charge in [0.15, 0.2) is 0 Å². The number of carbonyl (C=O) groups is 6. The number of benzene rings is 8. The fourth-order valence-electron chi connectivity index (χ4n) is 18.7. The first-order valence-corrected chi connectivity index (χ1v) is 48.7. The largest absolute Gasteiger partial charge is 0.495 e. The van der Waals surface area contributed by atoms with E-state index in [2.05, 4.69) is 89.8 Å². The Morgan fingerprint density at radius 1 is 0.367 bits per heavy atom. The number of hydrogen-bond donors (Lipinski definition) is 10. The summed E-state index contributed by atoms with van der Waals surface area (Å²) in [4.78, 5) is 114. The van der Waals surface area contributed by atoms with E-state index < -0.39 is 5.97 Å². The smallest absolute Gasteiger partial charge is 0.335 e. The van der Waals surface area contributed by atoms with Crippen molar-refractivity contribution in [2.75, 3.05) is 84.2 Å². The third kappa shape index (κ3) is 21.6. The van der Waals surface area contributed by atoms with E-state index in [-0.39, 0.29) is 41.1 Å². The molecule has 0 saturated carbocycles. The molecule has 0 aliphatic carbocycles. The first-order chi connectivity index (χ1) is 71.2. The molecule has 35 heteroatoms. The zero-order valence-electron chi connectivity index (χ0n) is 83.0. The highest BCUT2D eigenvalue weighted by molar-refractivity contribution is 9.10. The number of aromatic nitrogens is 12. The quantitative estimate of drug-likeness (QED) is 0.0284. The number of ether oxygens (including phenoxy) is 5. The zero-order valence-corrected chi connectivity index (χ0v) is 84.6. The molecule has 5 aliphatic heterocycles. The molecule has 0 spiro atoms. The molecule has 34 nitrogen and oxygen atoms in total. The summed E-state index contributed by atoms with van der Waals surface area (Å²) in [7, 11) is 6.20. The molecule has 0 radical (unpaired) electrons. The highest BCUT2D eigenvalue weighted by atomic mass is 79.9. The number of nitrogens with one attached hydrogen (secondary N) is 9. The van der Waals surface area contributed by atoms with Gasteiger partial charge in [0.25, 0.3) is 29.5 Å². The fourth-order valence-corrected chi connectivity index (χ4v) is 19.1. The van der Waals surface area contributed by atoms with Gasteiger partial charge in [-0.05, 0) is 255 Å². The summed E-state index contributed by atoms with van der Waals surface area (Å²) in [6.45, 7) is 17.2. The lowest BCUT2D eigenvalue weighted by Crippen LogP contribution is -2.38. The van der Waals surface area contributed by atoms with Crippen molar-refractivity contribution in [3.63, 3.8) is 0 Å². The number of nitriles is 1. The van der Waals surface area contributed by atoms with E-state index in [0.717, 1.165) is 185 Å². The molecule has 10 N–H and O–H groups in total. The van der Waals surface area contributed by atoms with E-state index in [0.29, 0.717) is 136 Å². The summed E-state index contributed by atoms with van der Waals surface area (Å²) in [5, 5.41) is 46.6. The predicted molar refractivity (Wildman–Crippen MR) is 566 cm³/mol. The Bertz CT molecular complexity index is 7820. The van der Waals surface area contributed by atoms with Crippen LogP contribution in [0.2, 0.25) is 0 Å². The molecule has 147 heavy (non-hydrogen) atoms. The molecule has 21 rings (SSSR count). The number of nitrogens with zero attached hydrogens (tertiary/aromatic N) is 13. The number of carboxylic acids is 1. The van der Waals surface area contributed by atoms with Crippen LogP contribution < -0.4 is 66.8 Å². The van der Waals surface area contributed by atoms with Crippen molar-refractivity contribution in [1.29, 1.82) is 5.26 Å². The van der Waals surface area contributed by atoms with Gasteiger partial charge in [0.2, 0.25) is 23.8 Å². The number of anilines is 12. The third-order valence-electron chi connectivity index (χ3n) is 26.6. The molecule has 0 bridgehead atoms. The van der Waals surface area contributed by atoms with Crippen LogP contribution in [-0.4, -0.2) is 146 Å². The average molecular weight is 2030 g/mol. The standard InChI is InChI=1S/C32H34N6O4.C27H24N6O2.C27H25N5O4.C26H24BrN5O2/c1-19-5-4-6-20(2)28(19)36-31(40)24-11-14-38-26(24)10-8-22-18-33-32(37-29(22)38)35-25-9-7-21(17-27(25)41-3)30(39)34-23-12-15-42-16-13-23;1-16-5-4-6-17(2)24(16)31-26(34)20-11-12-33-22(20)10-8-19-15-29-27(32-25(19)33)30-21-9-7-18(14-28)13-23(21)35-3;1-15-5-4-6-16(2)23(15)30-25(33)19-11-12-32-21(19)10-8-18-14-28-27(31-24(18)32)29-20-9-7-17(26(34)35)13-22(20)36-3;1-15-5-4-6-16(2)23(15)30-25(33)19-11-12-32-21(19)10-7-17-14-28-26(31-24(17)32)29-20-9-8-18(27)13-22(20)34-3/h4-7,9,11,14,17-18,23H,8,10,12-13,15-16H2,1-3H3,(H,34,39)(H,36,40)(H,33,35,37);4-7,9,11-13,15H,8,10H2,1-3H3,(H,31,34)(H,29,30,32);4-7,9,11-14H,8,10H2,1-3H3,(H,30,33)(H,34,35)(H,28,29,31);4-6,8-9,11-14H,7,10H2,1-3H3,(H,30,33)(H,28,29,31). The van der Waals surface area contributed by atoms with Crippen LogP contribution in [0.15, 0.2) is 224 Å². The van der Waals surface area contributed by atoms with E-state index in [1.165, 1.54) is 19.2 Å². The summed E-state index contributed by atoms with van der Waals surface area (Å²) < 4.78 is 35.9. The maximum absolute atomic E-state index is 13.3. The van der Waals surface area contributed by atoms with Gasteiger partial charge >= 0.3 is 5.97 Å². The maximum atomic E-state index is 13.3. The highest BCUT2D eigenvalue weighted by Gasteiger charge is 2.32. The number of para-hydroxylation sites is 4. The van der Waals surface area contributed by atoms with E-state index in [1.54, 1.807) is 76.2 Å². The first-order valence-electron chi connectivity index (χ1n) is 47.9. The predicted octanol–water partition coefficient (Wildman–Crippen LogP) is 20.2. The Morgan fingerprint density at radius 2 is 0.653 bits per heavy atom. The number of aryl methyl sites for hydroxylation is 12. The summed E-state index contributed by atoms with van der Waals surface area (Å²) >= 11 is 3.46. The summed E-state index contributed by atoms with van der Waals surface area (Å²) in [6, 6.07) is 54.0. The van der Waals surface area contributed by atoms with Crippen LogP contribution in [-0.2, 0) is 56.1 Å². The monoisotopic (exact) mass is 2030 g/mol. The van der Waals surface area contributed by atoms with Gasteiger partial charge in [0.1, 0.15) is 46.3 Å². The van der Waals surface area contributed by atoms with Gasteiger partial charge < -0.3 is 94.9 Å². The molecular weight excluding hydrogens is 1930 g/mol. The number of carbonyl (C=O) groups excluding carboxylic acids is 5. The van der Waals surface area contributed by atoms with E-state index >= 15 is 0 Å². The second kappa shape index (κ2) is 43.7. The number of fused-ring (bicyclic) bond motifs is 12. The van der Waals surface area contributed by atoms with E-state index in [4.69, 9.17) is 48.9 Å². The van der Waals surface area contributed by atoms with Crippen molar-refractivity contribution in [2.45, 2.75) is 126 Å². The van der Waals surface area contributed by atoms with Gasteiger partial charge in [-0.25, -0.2) is 24.7 Å². The first kappa shape index (κ1) is 99.5. The second-order valence-corrected chi connectivity index (χ2v) is 37.0. The van der Waals surface area contributed by atoms with Crippen molar-refractivity contribution in [3.8, 4) is 52.3 Å². The molecule has 5 aliphatic rings. The van der Waals surface area contributed by atoms with Gasteiger partial charge in [-0.2, -0.15) is 25.2 Å². The second-order valence-electron chi connectivity index (χ2n) is 36.1. The molecule has 8 aromatic heterocycles. The lowest BCUT2D eigenvalue weighted by atomic mass is 10.0. The Balaban J connectivity index is 0.000000129. The molecule has 0 unspecified atom stereocenters. The number of amides is 5. The van der Waals surface area contributed by atoms with Gasteiger partial charge in [0, 0.05) is 153 Å². The fraction of sp³-hybridized carbons (Fsp3) is 0.223. The molecule has 5 amide bonds. The third-order valence-corrected chi connectivity index (χ3v) is 27.1. The lowest BCUT2D eigenvalue weighted by molar-refractivity contribution is 0.0688. The van der Waals surface area contributed by atoms with Crippen LogP contribution in [0.5, 0.6) is 23.0 Å². The van der Waals surface area contributed by atoms with Crippen LogP contribution in [0, 0.1) is 66.7 Å². The molecule has 1 fully saturated rings. The highest BCUT2D eigenvalue weighted by Crippen LogP contribution is 2.40. The molecule has 0 atom stereocenters. The normalized spacial score (nSPS) is 12.6. The van der Waals surface area contributed by atoms with Crippen LogP contribution in [0.3, 0.4) is 0 Å². The summed E-state index contributed by atoms with van der Waals surface area (Å²) in [6.07, 6.45) is 22.2. The van der Waals surface area contributed by atoms with Crippen molar-refractivity contribution in [3.05, 3.63) is 352 Å². The van der Waals surface area contributed by atoms with Crippen LogP contribution in [0.4, 0.5) is 69.3 Å². The molecule has 16 aromatic rings. The van der Waals surface area contributed by atoms with Gasteiger partial charge in [-0.3, -0.25) is 24.0 Å². The molecule has 13 heterocycles. The molecule has 8 aromatic carbocycles. The minimum absolute atomic E-state index is 0.107. The number of rotatable bonds is 23. The lowest BCUT2D eigenvalue weighted by Gasteiger charge is -2.23. The molecular formula is C112H107BrN22O12. The number of carboxylic acid groups (broad SMARTS) is 1. The zero-order chi connectivity index (χ0) is 103. The Kier molecular flexibility index (Phi) is 29.5. The Hall–Kier alpha value is -17.7. The molecule has 1 saturated heterocycles. The van der Waals surface area contributed by atoms with Crippen LogP contribution >= 0.6 is 15.9 Å². The summed E-state index contributed by atoms with van der Waals surface area (Å²) in [5.74, 6) is 4.88. The SMILES string of the molecule is COc1cc(Br)ccc1Nc1ncc2c(n1)-n1ccc(C(=O)Nc3c(C)cccc3C)c1CC2.COc1cc(C#N)ccc1Nc1ncc2c(n1)-n1ccc(C(=O)Nc3c(C)cccc3C)c1CC2.COc1cc(C(=O)NC2CCOCC2)ccc1Nc1ncc2c(n1)-n1ccc(C(=O)Nc3c(C)cccc3C)c1CC2.COc1cc(C(=O)O)ccc1Nc1ncc2c(n1)-n1ccc(C(=O)Nc3c(C)cccc3C)c1CC2. The number of methoxy groups -OCH3 is 4. The number of aromatic carboxylic acids is 1. The van der Waals surface area contributed by atoms with Crippen molar-refractivity contribution >= 4 is 121 Å². The van der Waals surface area contributed by atoms with Crippen LogP contribution in [0.25, 0.3) is 23.3 Å². The number of hydrogen-bond acceptors (Lipinski definition) is 24. The van der Waals surface area contributed by atoms with Gasteiger partial charge in [0.05, 0.1) is 90.6 Å². The topological polar surface area (TPSA) is 424 Å². The Morgan fingerprint density at radius 3 is 0.959 bits per heavy atom. The molecule has 744 valence electrons. The minimum atomic E-state index is -1.04. The van der Waals surface area contributed by atoms with Gasteiger partial charge in [-0.1, -0.05) is 88.7 Å². The van der Waals surface area contributed by atoms with E-state index in [1.807, 2.05) is 226 Å². The Labute approximate surface area is 856 Å². The summed E-state index contributed by atoms with van der Waals surface area (Å²) in [5.41, 5.74) is 25.5. The number of halogens is 1. The van der Waals surface area contributed by atoms with Crippen molar-refractivity contribution < 1.29 is 57.6 Å².